The van der Waals surface area contributed by atoms with E-state index in [9.17, 15) is 9.59 Å². The summed E-state index contributed by atoms with van der Waals surface area (Å²) < 4.78 is 5.05. The molecule has 1 atom stereocenters. The van der Waals surface area contributed by atoms with E-state index in [-0.39, 0.29) is 6.42 Å². The molecule has 0 aromatic rings. The summed E-state index contributed by atoms with van der Waals surface area (Å²) in [5.74, 6) is -2.18. The van der Waals surface area contributed by atoms with Crippen LogP contribution in [0.15, 0.2) is 0 Å². The fourth-order valence-corrected chi connectivity index (χ4v) is 1.43. The molecule has 0 spiro atoms. The molecule has 0 aliphatic carbocycles. The van der Waals surface area contributed by atoms with Crippen LogP contribution in [0.2, 0.25) is 0 Å². The van der Waals surface area contributed by atoms with E-state index in [1.165, 1.54) is 0 Å². The number of nitrogens with zero attached hydrogens (tertiary/aromatic N) is 1. The van der Waals surface area contributed by atoms with Gasteiger partial charge in [0.05, 0.1) is 19.6 Å². The lowest BCUT2D eigenvalue weighted by atomic mass is 10.1. The predicted octanol–water partition coefficient (Wildman–Crippen LogP) is -0.753. The average molecular weight is 203 g/mol. The van der Waals surface area contributed by atoms with Gasteiger partial charge in [-0.2, -0.15) is 0 Å². The van der Waals surface area contributed by atoms with Crippen molar-refractivity contribution in [1.29, 1.82) is 0 Å². The van der Waals surface area contributed by atoms with Gasteiger partial charge in [-0.25, -0.2) is 0 Å². The van der Waals surface area contributed by atoms with Crippen LogP contribution >= 0.6 is 0 Å². The number of hydrogen-bond donors (Lipinski definition) is 2. The summed E-state index contributed by atoms with van der Waals surface area (Å²) in [7, 11) is 0. The minimum Gasteiger partial charge on any atom is -0.481 e. The van der Waals surface area contributed by atoms with Gasteiger partial charge >= 0.3 is 11.9 Å². The number of ether oxygens (including phenoxy) is 1. The molecule has 1 heterocycles. The van der Waals surface area contributed by atoms with Gasteiger partial charge in [-0.1, -0.05) is 0 Å². The van der Waals surface area contributed by atoms with Gasteiger partial charge in [-0.05, 0) is 0 Å². The Balaban J connectivity index is 2.56. The zero-order valence-electron chi connectivity index (χ0n) is 7.68. The van der Waals surface area contributed by atoms with Gasteiger partial charge in [0, 0.05) is 13.1 Å². The molecule has 2 N–H and O–H groups in total. The highest BCUT2D eigenvalue weighted by Gasteiger charge is 2.28. The predicted molar refractivity (Wildman–Crippen MR) is 46.1 cm³/mol. The van der Waals surface area contributed by atoms with Gasteiger partial charge < -0.3 is 14.9 Å². The quantitative estimate of drug-likeness (QED) is 0.625. The van der Waals surface area contributed by atoms with Gasteiger partial charge in [0.15, 0.2) is 0 Å². The fraction of sp³-hybridized carbons (Fsp3) is 0.750. The van der Waals surface area contributed by atoms with Crippen LogP contribution in [0, 0.1) is 0 Å². The third-order valence-electron chi connectivity index (χ3n) is 2.14. The second-order valence-electron chi connectivity index (χ2n) is 3.10. The second kappa shape index (κ2) is 4.92. The lowest BCUT2D eigenvalue weighted by molar-refractivity contribution is -0.151. The van der Waals surface area contributed by atoms with Crippen molar-refractivity contribution in [2.24, 2.45) is 0 Å². The van der Waals surface area contributed by atoms with Crippen LogP contribution in [0.3, 0.4) is 0 Å². The van der Waals surface area contributed by atoms with Crippen molar-refractivity contribution in [2.75, 3.05) is 26.3 Å². The Morgan fingerprint density at radius 2 is 1.86 bits per heavy atom. The molecule has 0 saturated carbocycles. The Bertz CT molecular complexity index is 224. The minimum atomic E-state index is -1.09. The molecule has 1 rings (SSSR count). The Hall–Kier alpha value is -1.14. The highest BCUT2D eigenvalue weighted by Crippen LogP contribution is 2.08. The van der Waals surface area contributed by atoms with Crippen molar-refractivity contribution >= 4 is 11.9 Å². The molecular formula is C8H13NO5. The van der Waals surface area contributed by atoms with E-state index in [0.717, 1.165) is 0 Å². The monoisotopic (exact) mass is 203 g/mol. The molecule has 0 aromatic carbocycles. The van der Waals surface area contributed by atoms with E-state index in [1.807, 2.05) is 0 Å². The molecule has 80 valence electrons. The summed E-state index contributed by atoms with van der Waals surface area (Å²) in [6, 6.07) is -0.934. The van der Waals surface area contributed by atoms with Crippen LogP contribution in [0.1, 0.15) is 6.42 Å². The van der Waals surface area contributed by atoms with Crippen LogP contribution in [0.25, 0.3) is 0 Å². The first kappa shape index (κ1) is 10.9. The number of morpholine rings is 1. The van der Waals surface area contributed by atoms with Gasteiger partial charge in [0.1, 0.15) is 6.04 Å². The van der Waals surface area contributed by atoms with Crippen molar-refractivity contribution in [2.45, 2.75) is 12.5 Å². The van der Waals surface area contributed by atoms with E-state index in [1.54, 1.807) is 4.90 Å². The Morgan fingerprint density at radius 1 is 1.29 bits per heavy atom. The third-order valence-corrected chi connectivity index (χ3v) is 2.14. The van der Waals surface area contributed by atoms with Crippen molar-refractivity contribution in [3.63, 3.8) is 0 Å². The van der Waals surface area contributed by atoms with E-state index in [4.69, 9.17) is 14.9 Å². The first-order chi connectivity index (χ1) is 6.61. The molecule has 1 fully saturated rings. The first-order valence-electron chi connectivity index (χ1n) is 4.37. The summed E-state index contributed by atoms with van der Waals surface area (Å²) >= 11 is 0. The maximum Gasteiger partial charge on any atom is 0.321 e. The molecule has 1 aliphatic heterocycles. The van der Waals surface area contributed by atoms with Gasteiger partial charge in [-0.15, -0.1) is 0 Å². The largest absolute Gasteiger partial charge is 0.481 e. The molecular weight excluding hydrogens is 190 g/mol. The first-order valence-corrected chi connectivity index (χ1v) is 4.37. The van der Waals surface area contributed by atoms with Crippen molar-refractivity contribution in [3.8, 4) is 0 Å². The molecule has 0 radical (unpaired) electrons. The van der Waals surface area contributed by atoms with Gasteiger partial charge in [-0.3, -0.25) is 14.5 Å². The number of carbonyl (C=O) groups is 2. The van der Waals surface area contributed by atoms with Crippen LogP contribution in [0.5, 0.6) is 0 Å². The normalized spacial score (nSPS) is 20.3. The molecule has 0 amide bonds. The van der Waals surface area contributed by atoms with Crippen LogP contribution < -0.4 is 0 Å². The zero-order chi connectivity index (χ0) is 10.6. The highest BCUT2D eigenvalue weighted by molar-refractivity contribution is 5.80. The molecule has 6 nitrogen and oxygen atoms in total. The maximum absolute atomic E-state index is 10.8. The molecule has 0 aromatic heterocycles. The smallest absolute Gasteiger partial charge is 0.321 e. The summed E-state index contributed by atoms with van der Waals surface area (Å²) in [6.07, 6.45) is -0.366. The lowest BCUT2D eigenvalue weighted by Crippen LogP contribution is -2.48. The third kappa shape index (κ3) is 2.97. The average Bonchev–Trinajstić information content (AvgIpc) is 2.15. The fourth-order valence-electron chi connectivity index (χ4n) is 1.43. The molecule has 14 heavy (non-hydrogen) atoms. The molecule has 0 unspecified atom stereocenters. The van der Waals surface area contributed by atoms with Gasteiger partial charge in [0.2, 0.25) is 0 Å². The van der Waals surface area contributed by atoms with E-state index >= 15 is 0 Å². The number of hydrogen-bond acceptors (Lipinski definition) is 4. The second-order valence-corrected chi connectivity index (χ2v) is 3.10. The standard InChI is InChI=1S/C8H13NO5/c10-7(11)5-6(8(12)13)9-1-3-14-4-2-9/h6H,1-5H2,(H,10,11)(H,12,13)/t6-/m1/s1. The molecule has 1 saturated heterocycles. The number of rotatable bonds is 4. The molecule has 1 aliphatic rings. The Labute approximate surface area is 81.1 Å². The molecule has 0 bridgehead atoms. The van der Waals surface area contributed by atoms with E-state index in [0.29, 0.717) is 26.3 Å². The van der Waals surface area contributed by atoms with Gasteiger partial charge in [0.25, 0.3) is 0 Å². The summed E-state index contributed by atoms with van der Waals surface area (Å²) in [6.45, 7) is 1.88. The number of aliphatic carboxylic acids is 2. The number of carboxylic acid groups (broad SMARTS) is 2. The van der Waals surface area contributed by atoms with Crippen LogP contribution in [-0.2, 0) is 14.3 Å². The lowest BCUT2D eigenvalue weighted by Gasteiger charge is -2.30. The zero-order valence-corrected chi connectivity index (χ0v) is 7.68. The van der Waals surface area contributed by atoms with Crippen molar-refractivity contribution in [1.82, 2.24) is 4.90 Å². The van der Waals surface area contributed by atoms with Crippen molar-refractivity contribution in [3.05, 3.63) is 0 Å². The summed E-state index contributed by atoms with van der Waals surface area (Å²) in [4.78, 5) is 22.8. The topological polar surface area (TPSA) is 87.1 Å². The SMILES string of the molecule is O=C(O)C[C@H](C(=O)O)N1CCOCC1. The van der Waals surface area contributed by atoms with E-state index < -0.39 is 18.0 Å². The molecule has 6 heteroatoms. The maximum atomic E-state index is 10.8. The van der Waals surface area contributed by atoms with Crippen molar-refractivity contribution < 1.29 is 24.5 Å². The van der Waals surface area contributed by atoms with E-state index in [2.05, 4.69) is 0 Å². The van der Waals surface area contributed by atoms with Crippen LogP contribution in [0.4, 0.5) is 0 Å². The summed E-state index contributed by atoms with van der Waals surface area (Å²) in [5, 5.41) is 17.4. The summed E-state index contributed by atoms with van der Waals surface area (Å²) in [5.41, 5.74) is 0. The minimum absolute atomic E-state index is 0.366. The number of carboxylic acids is 2. The Morgan fingerprint density at radius 3 is 2.29 bits per heavy atom. The Kier molecular flexibility index (Phi) is 3.84. The van der Waals surface area contributed by atoms with Crippen LogP contribution in [-0.4, -0.2) is 59.4 Å². The highest BCUT2D eigenvalue weighted by atomic mass is 16.5.